The minimum Gasteiger partial charge on any atom is -0.373 e. The molecule has 0 aromatic carbocycles. The summed E-state index contributed by atoms with van der Waals surface area (Å²) in [7, 11) is 0. The van der Waals surface area contributed by atoms with E-state index in [1.165, 1.54) is 0 Å². The summed E-state index contributed by atoms with van der Waals surface area (Å²) in [6, 6.07) is 0. The number of rotatable bonds is 6. The largest absolute Gasteiger partial charge is 0.373 e. The average Bonchev–Trinajstić information content (AvgIpc) is 3.17. The third-order valence-electron chi connectivity index (χ3n) is 3.35. The van der Waals surface area contributed by atoms with Gasteiger partial charge in [0.2, 0.25) is 0 Å². The molecule has 1 unspecified atom stereocenters. The van der Waals surface area contributed by atoms with Crippen molar-refractivity contribution in [1.29, 1.82) is 0 Å². The molecule has 1 aliphatic heterocycles. The van der Waals surface area contributed by atoms with E-state index in [9.17, 15) is 0 Å². The Bertz CT molecular complexity index is 512. The van der Waals surface area contributed by atoms with E-state index in [-0.39, 0.29) is 6.10 Å². The van der Waals surface area contributed by atoms with Crippen LogP contribution in [0.1, 0.15) is 6.42 Å². The minimum atomic E-state index is -0.933. The molecular formula is C10H5Br15O. The Hall–Kier alpha value is 7.16. The summed E-state index contributed by atoms with van der Waals surface area (Å²) < 4.78 is -0.339. The summed E-state index contributed by atoms with van der Waals surface area (Å²) in [5, 5.41) is 0. The molecule has 1 atom stereocenters. The van der Waals surface area contributed by atoms with E-state index in [0.29, 0.717) is 6.42 Å². The van der Waals surface area contributed by atoms with Gasteiger partial charge in [-0.3, -0.25) is 0 Å². The molecule has 1 heterocycles. The molecule has 0 saturated carbocycles. The van der Waals surface area contributed by atoms with E-state index >= 15 is 0 Å². The fraction of sp³-hybridized carbons (Fsp3) is 1.00. The van der Waals surface area contributed by atoms with Crippen molar-refractivity contribution in [1.82, 2.24) is 0 Å². The Kier molecular flexibility index (Phi) is 12.3. The van der Waals surface area contributed by atoms with Gasteiger partial charge in [-0.25, -0.2) is 0 Å². The number of alkyl halides is 15. The molecule has 0 aromatic rings. The normalized spacial score (nSPS) is 21.1. The highest BCUT2D eigenvalue weighted by Crippen LogP contribution is 2.77. The van der Waals surface area contributed by atoms with Crippen LogP contribution in [0, 0.1) is 0 Å². The maximum absolute atomic E-state index is 5.40. The first-order valence-electron chi connectivity index (χ1n) is 6.03. The number of epoxide rings is 1. The van der Waals surface area contributed by atoms with Crippen LogP contribution in [0.2, 0.25) is 0 Å². The topological polar surface area (TPSA) is 12.5 Å². The van der Waals surface area contributed by atoms with Crippen LogP contribution in [-0.4, -0.2) is 34.3 Å². The van der Waals surface area contributed by atoms with Gasteiger partial charge >= 0.3 is 0 Å². The summed E-state index contributed by atoms with van der Waals surface area (Å²) in [5.74, 6) is 0. The van der Waals surface area contributed by atoms with Crippen molar-refractivity contribution in [2.75, 3.05) is 6.61 Å². The third kappa shape index (κ3) is 5.93. The second-order valence-electron chi connectivity index (χ2n) is 5.24. The maximum atomic E-state index is 5.40. The molecule has 0 spiro atoms. The van der Waals surface area contributed by atoms with E-state index in [1.807, 2.05) is 0 Å². The number of ether oxygens (including phenoxy) is 1. The van der Waals surface area contributed by atoms with E-state index in [0.717, 1.165) is 6.61 Å². The lowest BCUT2D eigenvalue weighted by Gasteiger charge is -2.58. The lowest BCUT2D eigenvalue weighted by Crippen LogP contribution is -2.69. The van der Waals surface area contributed by atoms with E-state index in [2.05, 4.69) is 239 Å². The average molecular weight is 1340 g/mol. The first kappa shape index (κ1) is 31.2. The SMILES string of the molecule is BrC(Br)(Br)C(Br)(C(Br)(Br)Br)C(Br)(Br)C(Br)(Br)C(Br)(Br)C(Br)(Br)CC1CO1. The van der Waals surface area contributed by atoms with Crippen LogP contribution in [0.4, 0.5) is 0 Å². The summed E-state index contributed by atoms with van der Waals surface area (Å²) >= 11 is 56.5. The van der Waals surface area contributed by atoms with Crippen LogP contribution in [0.5, 0.6) is 0 Å². The van der Waals surface area contributed by atoms with Crippen LogP contribution in [0.25, 0.3) is 0 Å². The van der Waals surface area contributed by atoms with Crippen molar-refractivity contribution in [2.45, 2.75) is 34.1 Å². The maximum Gasteiger partial charge on any atom is 0.155 e. The molecular weight excluding hydrogens is 1330 g/mol. The van der Waals surface area contributed by atoms with Crippen molar-refractivity contribution in [3.05, 3.63) is 0 Å². The van der Waals surface area contributed by atoms with Gasteiger partial charge in [-0.1, -0.05) is 239 Å². The molecule has 0 amide bonds. The molecule has 16 heteroatoms. The van der Waals surface area contributed by atoms with E-state index in [4.69, 9.17) is 4.74 Å². The van der Waals surface area contributed by atoms with Gasteiger partial charge in [0.15, 0.2) is 4.29 Å². The van der Waals surface area contributed by atoms with Crippen molar-refractivity contribution >= 4 is 239 Å². The van der Waals surface area contributed by atoms with Crippen molar-refractivity contribution < 1.29 is 4.74 Å². The van der Waals surface area contributed by atoms with Gasteiger partial charge in [-0.15, -0.1) is 0 Å². The van der Waals surface area contributed by atoms with E-state index in [1.54, 1.807) is 0 Å². The summed E-state index contributed by atoms with van der Waals surface area (Å²) in [4.78, 5) is 0. The number of hydrogen-bond donors (Lipinski definition) is 0. The predicted molar refractivity (Wildman–Crippen MR) is 167 cm³/mol. The van der Waals surface area contributed by atoms with Gasteiger partial charge in [0, 0.05) is 6.42 Å². The van der Waals surface area contributed by atoms with Gasteiger partial charge in [0.25, 0.3) is 0 Å². The fourth-order valence-electron chi connectivity index (χ4n) is 1.76. The zero-order valence-corrected chi connectivity index (χ0v) is 35.4. The first-order valence-corrected chi connectivity index (χ1v) is 17.9. The van der Waals surface area contributed by atoms with Gasteiger partial charge < -0.3 is 4.74 Å². The second-order valence-corrected chi connectivity index (χ2v) is 34.1. The summed E-state index contributed by atoms with van der Waals surface area (Å²) in [6.45, 7) is 0.739. The third-order valence-corrected chi connectivity index (χ3v) is 28.5. The van der Waals surface area contributed by atoms with Crippen LogP contribution in [0.15, 0.2) is 0 Å². The highest BCUT2D eigenvalue weighted by atomic mass is 80.0. The number of hydrogen-bond acceptors (Lipinski definition) is 1. The highest BCUT2D eigenvalue weighted by molar-refractivity contribution is 9.42. The molecule has 0 N–H and O–H groups in total. The Labute approximate surface area is 278 Å². The summed E-state index contributed by atoms with van der Waals surface area (Å²) in [5.41, 5.74) is 0. The molecule has 0 bridgehead atoms. The number of halogens is 15. The first-order chi connectivity index (χ1) is 11.1. The van der Waals surface area contributed by atoms with Crippen molar-refractivity contribution in [3.63, 3.8) is 0 Å². The molecule has 0 aliphatic carbocycles. The zero-order chi connectivity index (χ0) is 21.2. The Morgan fingerprint density at radius 3 is 1.19 bits per heavy atom. The molecule has 156 valence electrons. The van der Waals surface area contributed by atoms with Gasteiger partial charge in [0.05, 0.1) is 12.7 Å². The molecule has 1 fully saturated rings. The zero-order valence-electron chi connectivity index (χ0n) is 11.6. The van der Waals surface area contributed by atoms with E-state index < -0.39 is 21.5 Å². The fourth-order valence-corrected chi connectivity index (χ4v) is 19.2. The monoisotopic (exact) mass is 1320 g/mol. The quantitative estimate of drug-likeness (QED) is 0.191. The second kappa shape index (κ2) is 10.3. The van der Waals surface area contributed by atoms with Gasteiger partial charge in [0.1, 0.15) is 17.3 Å². The predicted octanol–water partition coefficient (Wildman–Crippen LogP) is 11.5. The highest BCUT2D eigenvalue weighted by Gasteiger charge is 2.77. The van der Waals surface area contributed by atoms with Crippen LogP contribution < -0.4 is 0 Å². The molecule has 1 nitrogen and oxygen atoms in total. The minimum absolute atomic E-state index is 0.179. The van der Waals surface area contributed by atoms with Crippen molar-refractivity contribution in [3.8, 4) is 0 Å². The molecule has 0 aromatic heterocycles. The molecule has 1 aliphatic rings. The lowest BCUT2D eigenvalue weighted by atomic mass is 10.0. The standard InChI is InChI=1S/C10H5Br15O/c11-4(12,1-3-2-26-3)6(14,15)8(18,19)7(16,17)5(13,9(20,21)22)10(23,24)25/h3H,1-2H2. The van der Waals surface area contributed by atoms with Crippen molar-refractivity contribution in [2.24, 2.45) is 0 Å². The summed E-state index contributed by atoms with van der Waals surface area (Å²) in [6.07, 6.45) is 0.885. The Balaban J connectivity index is 3.54. The van der Waals surface area contributed by atoms with Gasteiger partial charge in [-0.2, -0.15) is 0 Å². The van der Waals surface area contributed by atoms with Crippen LogP contribution >= 0.6 is 239 Å². The molecule has 0 radical (unpaired) electrons. The lowest BCUT2D eigenvalue weighted by molar-refractivity contribution is 0.386. The molecule has 1 rings (SSSR count). The van der Waals surface area contributed by atoms with Gasteiger partial charge in [-0.05, 0) is 0 Å². The smallest absolute Gasteiger partial charge is 0.155 e. The van der Waals surface area contributed by atoms with Crippen LogP contribution in [-0.2, 0) is 4.74 Å². The molecule has 1 saturated heterocycles. The molecule has 26 heavy (non-hydrogen) atoms. The Morgan fingerprint density at radius 1 is 0.577 bits per heavy atom. The Morgan fingerprint density at radius 2 is 0.923 bits per heavy atom. The van der Waals surface area contributed by atoms with Crippen LogP contribution in [0.3, 0.4) is 0 Å².